The van der Waals surface area contributed by atoms with Crippen molar-refractivity contribution in [3.05, 3.63) is 24.3 Å². The number of ether oxygens (including phenoxy) is 1. The molecule has 1 aromatic rings. The first-order valence-corrected chi connectivity index (χ1v) is 6.93. The molecule has 0 amide bonds. The Kier molecular flexibility index (Phi) is 4.36. The van der Waals surface area contributed by atoms with Crippen LogP contribution < -0.4 is 4.74 Å². The number of hydrogen-bond donors (Lipinski definition) is 1. The molecule has 0 heterocycles. The standard InChI is InChI=1S/C10H11ClO5S/c1-17(14,15)8-4-2-7(3-5-8)16-6-9(11)10(12)13/h2-5,9H,6H2,1H3,(H,12,13). The van der Waals surface area contributed by atoms with E-state index in [1.807, 2.05) is 0 Å². The number of aliphatic carboxylic acids is 1. The predicted molar refractivity (Wildman–Crippen MR) is 62.3 cm³/mol. The largest absolute Gasteiger partial charge is 0.491 e. The molecule has 0 fully saturated rings. The van der Waals surface area contributed by atoms with Crippen LogP contribution in [-0.2, 0) is 14.6 Å². The molecule has 0 aliphatic heterocycles. The molecule has 17 heavy (non-hydrogen) atoms. The maximum atomic E-state index is 11.2. The summed E-state index contributed by atoms with van der Waals surface area (Å²) in [5.74, 6) is -0.802. The maximum absolute atomic E-state index is 11.2. The SMILES string of the molecule is CS(=O)(=O)c1ccc(OCC(Cl)C(=O)O)cc1. The van der Waals surface area contributed by atoms with E-state index in [0.717, 1.165) is 6.26 Å². The Morgan fingerprint density at radius 1 is 1.41 bits per heavy atom. The van der Waals surface area contributed by atoms with E-state index in [0.29, 0.717) is 5.75 Å². The van der Waals surface area contributed by atoms with Crippen molar-refractivity contribution in [1.29, 1.82) is 0 Å². The fraction of sp³-hybridized carbons (Fsp3) is 0.300. The first-order valence-electron chi connectivity index (χ1n) is 4.60. The van der Waals surface area contributed by atoms with Gasteiger partial charge in [-0.1, -0.05) is 0 Å². The van der Waals surface area contributed by atoms with E-state index in [9.17, 15) is 13.2 Å². The van der Waals surface area contributed by atoms with Crippen LogP contribution >= 0.6 is 11.6 Å². The van der Waals surface area contributed by atoms with Gasteiger partial charge >= 0.3 is 5.97 Å². The first-order chi connectivity index (χ1) is 7.80. The van der Waals surface area contributed by atoms with Crippen molar-refractivity contribution in [2.24, 2.45) is 0 Å². The van der Waals surface area contributed by atoms with E-state index >= 15 is 0 Å². The van der Waals surface area contributed by atoms with Crippen LogP contribution in [0.5, 0.6) is 5.75 Å². The van der Waals surface area contributed by atoms with Crippen LogP contribution in [0.15, 0.2) is 29.2 Å². The summed E-state index contributed by atoms with van der Waals surface area (Å²) in [5, 5.41) is 7.38. The summed E-state index contributed by atoms with van der Waals surface area (Å²) in [4.78, 5) is 10.6. The lowest BCUT2D eigenvalue weighted by Crippen LogP contribution is -2.21. The molecule has 0 bridgehead atoms. The summed E-state index contributed by atoms with van der Waals surface area (Å²) in [6, 6.07) is 5.66. The summed E-state index contributed by atoms with van der Waals surface area (Å²) >= 11 is 5.45. The molecule has 7 heteroatoms. The minimum atomic E-state index is -3.24. The minimum absolute atomic E-state index is 0.172. The molecule has 0 aliphatic rings. The Hall–Kier alpha value is -1.27. The highest BCUT2D eigenvalue weighted by atomic mass is 35.5. The zero-order valence-corrected chi connectivity index (χ0v) is 10.5. The van der Waals surface area contributed by atoms with Gasteiger partial charge in [0.1, 0.15) is 12.4 Å². The van der Waals surface area contributed by atoms with Gasteiger partial charge in [-0.3, -0.25) is 4.79 Å². The van der Waals surface area contributed by atoms with Crippen LogP contribution in [-0.4, -0.2) is 37.7 Å². The van der Waals surface area contributed by atoms with Crippen molar-refractivity contribution in [3.8, 4) is 5.75 Å². The smallest absolute Gasteiger partial charge is 0.325 e. The van der Waals surface area contributed by atoms with Gasteiger partial charge in [0, 0.05) is 6.26 Å². The van der Waals surface area contributed by atoms with Gasteiger partial charge in [-0.15, -0.1) is 11.6 Å². The number of carboxylic acid groups (broad SMARTS) is 1. The van der Waals surface area contributed by atoms with E-state index in [1.165, 1.54) is 24.3 Å². The Labute approximate surface area is 104 Å². The number of hydrogen-bond acceptors (Lipinski definition) is 4. The van der Waals surface area contributed by atoms with Crippen LogP contribution in [0.4, 0.5) is 0 Å². The van der Waals surface area contributed by atoms with Gasteiger partial charge in [0.05, 0.1) is 4.90 Å². The van der Waals surface area contributed by atoms with Crippen LogP contribution in [0.3, 0.4) is 0 Å². The molecule has 1 atom stereocenters. The first kappa shape index (κ1) is 13.8. The van der Waals surface area contributed by atoms with Crippen molar-refractivity contribution in [2.45, 2.75) is 10.3 Å². The molecule has 94 valence electrons. The zero-order valence-electron chi connectivity index (χ0n) is 8.96. The van der Waals surface area contributed by atoms with Gasteiger partial charge in [0.2, 0.25) is 0 Å². The van der Waals surface area contributed by atoms with Crippen LogP contribution in [0.1, 0.15) is 0 Å². The summed E-state index contributed by atoms with van der Waals surface area (Å²) in [6.45, 7) is -0.185. The lowest BCUT2D eigenvalue weighted by molar-refractivity contribution is -0.137. The Bertz CT molecular complexity index is 494. The molecule has 0 aromatic heterocycles. The summed E-state index contributed by atoms with van der Waals surface area (Å²) in [7, 11) is -3.24. The van der Waals surface area contributed by atoms with Crippen molar-refractivity contribution >= 4 is 27.4 Å². The third-order valence-electron chi connectivity index (χ3n) is 1.92. The van der Waals surface area contributed by atoms with Crippen molar-refractivity contribution < 1.29 is 23.1 Å². The lowest BCUT2D eigenvalue weighted by Gasteiger charge is -2.08. The second-order valence-electron chi connectivity index (χ2n) is 3.36. The normalized spacial score (nSPS) is 13.1. The van der Waals surface area contributed by atoms with Gasteiger partial charge in [-0.25, -0.2) is 8.42 Å². The van der Waals surface area contributed by atoms with E-state index in [2.05, 4.69) is 0 Å². The second kappa shape index (κ2) is 5.37. The summed E-state index contributed by atoms with van der Waals surface area (Å²) < 4.78 is 27.4. The molecule has 0 saturated carbocycles. The van der Waals surface area contributed by atoms with E-state index in [-0.39, 0.29) is 11.5 Å². The molecule has 0 aliphatic carbocycles. The molecule has 1 rings (SSSR count). The molecular weight excluding hydrogens is 268 g/mol. The van der Waals surface area contributed by atoms with Gasteiger partial charge in [0.15, 0.2) is 15.2 Å². The molecular formula is C10H11ClO5S. The monoisotopic (exact) mass is 278 g/mol. The Balaban J connectivity index is 2.67. The second-order valence-corrected chi connectivity index (χ2v) is 5.90. The van der Waals surface area contributed by atoms with Crippen LogP contribution in [0.2, 0.25) is 0 Å². The van der Waals surface area contributed by atoms with E-state index in [1.54, 1.807) is 0 Å². The highest BCUT2D eigenvalue weighted by Gasteiger charge is 2.14. The fourth-order valence-electron chi connectivity index (χ4n) is 1.02. The third kappa shape index (κ3) is 4.24. The molecule has 1 unspecified atom stereocenters. The van der Waals surface area contributed by atoms with Gasteiger partial charge in [-0.05, 0) is 24.3 Å². The number of benzene rings is 1. The van der Waals surface area contributed by atoms with Crippen molar-refractivity contribution in [1.82, 2.24) is 0 Å². The predicted octanol–water partition coefficient (Wildman–Crippen LogP) is 1.16. The van der Waals surface area contributed by atoms with Gasteiger partial charge in [-0.2, -0.15) is 0 Å². The molecule has 0 radical (unpaired) electrons. The quantitative estimate of drug-likeness (QED) is 0.818. The topological polar surface area (TPSA) is 80.7 Å². The highest BCUT2D eigenvalue weighted by molar-refractivity contribution is 7.90. The molecule has 1 N–H and O–H groups in total. The third-order valence-corrected chi connectivity index (χ3v) is 3.36. The summed E-state index contributed by atoms with van der Waals surface area (Å²) in [6.07, 6.45) is 1.10. The highest BCUT2D eigenvalue weighted by Crippen LogP contribution is 2.16. The average molecular weight is 279 g/mol. The van der Waals surface area contributed by atoms with Gasteiger partial charge in [0.25, 0.3) is 0 Å². The number of sulfone groups is 1. The molecule has 5 nitrogen and oxygen atoms in total. The van der Waals surface area contributed by atoms with Crippen molar-refractivity contribution in [2.75, 3.05) is 12.9 Å². The maximum Gasteiger partial charge on any atom is 0.325 e. The van der Waals surface area contributed by atoms with Crippen LogP contribution in [0.25, 0.3) is 0 Å². The van der Waals surface area contributed by atoms with E-state index in [4.69, 9.17) is 21.4 Å². The average Bonchev–Trinajstić information content (AvgIpc) is 2.25. The van der Waals surface area contributed by atoms with Gasteiger partial charge < -0.3 is 9.84 Å². The summed E-state index contributed by atoms with van der Waals surface area (Å²) in [5.41, 5.74) is 0. The minimum Gasteiger partial charge on any atom is -0.491 e. The lowest BCUT2D eigenvalue weighted by atomic mass is 10.3. The number of halogens is 1. The molecule has 0 spiro atoms. The number of carboxylic acids is 1. The Morgan fingerprint density at radius 2 is 1.94 bits per heavy atom. The number of alkyl halides is 1. The fourth-order valence-corrected chi connectivity index (χ4v) is 1.72. The van der Waals surface area contributed by atoms with Crippen molar-refractivity contribution in [3.63, 3.8) is 0 Å². The van der Waals surface area contributed by atoms with E-state index < -0.39 is 21.2 Å². The Morgan fingerprint density at radius 3 is 2.35 bits per heavy atom. The van der Waals surface area contributed by atoms with Crippen LogP contribution in [0, 0.1) is 0 Å². The zero-order chi connectivity index (χ0) is 13.1. The molecule has 1 aromatic carbocycles. The molecule has 0 saturated heterocycles. The number of rotatable bonds is 5. The number of carbonyl (C=O) groups is 1.